The molecule has 2 aliphatic heterocycles. The molecule has 2 N–H and O–H groups in total. The summed E-state index contributed by atoms with van der Waals surface area (Å²) in [4.78, 5) is 0.665. The summed E-state index contributed by atoms with van der Waals surface area (Å²) in [5.41, 5.74) is 6.14. The number of halogens is 1. The first-order valence-corrected chi connectivity index (χ1v) is 10.8. The molecule has 29 heavy (non-hydrogen) atoms. The van der Waals surface area contributed by atoms with Gasteiger partial charge in [-0.3, -0.25) is 5.01 Å². The quantitative estimate of drug-likeness (QED) is 0.677. The van der Waals surface area contributed by atoms with Gasteiger partial charge in [0.05, 0.1) is 16.8 Å². The van der Waals surface area contributed by atoms with Crippen molar-refractivity contribution in [3.8, 4) is 5.75 Å². The number of hydrogen-bond donors (Lipinski definition) is 2. The molecule has 2 aromatic carbocycles. The van der Waals surface area contributed by atoms with Crippen LogP contribution in [0, 0.1) is 5.92 Å². The second-order valence-corrected chi connectivity index (χ2v) is 8.41. The van der Waals surface area contributed by atoms with E-state index in [0.29, 0.717) is 10.0 Å². The summed E-state index contributed by atoms with van der Waals surface area (Å²) in [6.07, 6.45) is 3.63. The highest BCUT2D eigenvalue weighted by Gasteiger charge is 2.39. The van der Waals surface area contributed by atoms with Gasteiger partial charge in [-0.25, -0.2) is 5.01 Å². The fraction of sp³-hybridized carbons (Fsp3) is 0.364. The van der Waals surface area contributed by atoms with Crippen molar-refractivity contribution >= 4 is 40.2 Å². The Hall–Kier alpha value is -2.15. The number of hydrogen-bond acceptors (Lipinski definition) is 5. The van der Waals surface area contributed by atoms with Crippen LogP contribution in [0.4, 0.5) is 5.69 Å². The Balaban J connectivity index is 1.66. The van der Waals surface area contributed by atoms with Gasteiger partial charge in [-0.1, -0.05) is 61.4 Å². The Morgan fingerprint density at radius 3 is 2.48 bits per heavy atom. The molecule has 1 fully saturated rings. The van der Waals surface area contributed by atoms with Crippen molar-refractivity contribution in [2.45, 2.75) is 32.2 Å². The molecule has 4 rings (SSSR count). The molecule has 0 amide bonds. The summed E-state index contributed by atoms with van der Waals surface area (Å²) < 4.78 is 0. The summed E-state index contributed by atoms with van der Waals surface area (Å²) in [7, 11) is 0. The Morgan fingerprint density at radius 2 is 1.79 bits per heavy atom. The molecule has 2 atom stereocenters. The lowest BCUT2D eigenvalue weighted by atomic mass is 9.91. The van der Waals surface area contributed by atoms with Crippen molar-refractivity contribution in [2.24, 2.45) is 11.0 Å². The van der Waals surface area contributed by atoms with Crippen LogP contribution >= 0.6 is 23.8 Å². The first-order chi connectivity index (χ1) is 14.0. The molecule has 0 unspecified atom stereocenters. The van der Waals surface area contributed by atoms with Crippen molar-refractivity contribution in [2.75, 3.05) is 18.1 Å². The zero-order chi connectivity index (χ0) is 20.4. The molecule has 0 spiro atoms. The second-order valence-electron chi connectivity index (χ2n) is 7.59. The summed E-state index contributed by atoms with van der Waals surface area (Å²) in [5, 5.41) is 19.4. The van der Waals surface area contributed by atoms with Gasteiger partial charge in [0.15, 0.2) is 0 Å². The van der Waals surface area contributed by atoms with E-state index in [2.05, 4.69) is 17.4 Å². The molecule has 0 aromatic heterocycles. The molecular formula is C22H25ClN4OS. The lowest BCUT2D eigenvalue weighted by molar-refractivity contribution is 0.197. The van der Waals surface area contributed by atoms with Crippen LogP contribution in [0.3, 0.4) is 0 Å². The van der Waals surface area contributed by atoms with Crippen LogP contribution in [-0.4, -0.2) is 33.9 Å². The fourth-order valence-corrected chi connectivity index (χ4v) is 4.61. The van der Waals surface area contributed by atoms with E-state index in [4.69, 9.17) is 28.9 Å². The van der Waals surface area contributed by atoms with E-state index in [1.54, 1.807) is 12.1 Å². The number of nitrogens with zero attached hydrogens (tertiary/aromatic N) is 3. The van der Waals surface area contributed by atoms with Crippen molar-refractivity contribution in [3.05, 3.63) is 59.1 Å². The van der Waals surface area contributed by atoms with Gasteiger partial charge in [-0.05, 0) is 42.7 Å². The molecule has 1 saturated heterocycles. The van der Waals surface area contributed by atoms with E-state index in [9.17, 15) is 5.11 Å². The minimum Gasteiger partial charge on any atom is -0.508 e. The zero-order valence-electron chi connectivity index (χ0n) is 16.4. The number of hydrazine groups is 1. The summed E-state index contributed by atoms with van der Waals surface area (Å²) >= 11 is 12.3. The van der Waals surface area contributed by atoms with E-state index in [-0.39, 0.29) is 17.7 Å². The highest BCUT2D eigenvalue weighted by Crippen LogP contribution is 2.42. The van der Waals surface area contributed by atoms with Gasteiger partial charge >= 0.3 is 0 Å². The average Bonchev–Trinajstić information content (AvgIpc) is 3.07. The van der Waals surface area contributed by atoms with Crippen LogP contribution < -0.4 is 10.4 Å². The predicted molar refractivity (Wildman–Crippen MR) is 123 cm³/mol. The summed E-state index contributed by atoms with van der Waals surface area (Å²) in [6, 6.07) is 14.9. The van der Waals surface area contributed by atoms with Gasteiger partial charge in [-0.15, -0.1) is 0 Å². The predicted octanol–water partition coefficient (Wildman–Crippen LogP) is 4.92. The molecule has 0 saturated carbocycles. The lowest BCUT2D eigenvalue weighted by Gasteiger charge is -2.29. The number of hydrazone groups is 1. The molecular weight excluding hydrogens is 404 g/mol. The molecule has 2 aliphatic rings. The molecule has 0 aliphatic carbocycles. The van der Waals surface area contributed by atoms with E-state index in [1.165, 1.54) is 19.3 Å². The number of rotatable bonds is 4. The van der Waals surface area contributed by atoms with Crippen LogP contribution in [0.5, 0.6) is 5.75 Å². The van der Waals surface area contributed by atoms with Gasteiger partial charge in [0.25, 0.3) is 0 Å². The molecule has 7 heteroatoms. The number of aromatic hydroxyl groups is 1. The molecule has 0 bridgehead atoms. The number of nitrogens with one attached hydrogen (secondary N) is 1. The van der Waals surface area contributed by atoms with Gasteiger partial charge in [0.1, 0.15) is 16.4 Å². The number of phenolic OH excluding ortho intramolecular Hbond substituents is 1. The Kier molecular flexibility index (Phi) is 6.04. The first-order valence-electron chi connectivity index (χ1n) is 10.0. The number of anilines is 1. The smallest absolute Gasteiger partial charge is 0.137 e. The third-order valence-electron chi connectivity index (χ3n) is 5.57. The van der Waals surface area contributed by atoms with Crippen molar-refractivity contribution in [1.82, 2.24) is 10.4 Å². The van der Waals surface area contributed by atoms with Crippen molar-refractivity contribution in [1.29, 1.82) is 0 Å². The molecule has 0 radical (unpaired) electrons. The third kappa shape index (κ3) is 4.25. The van der Waals surface area contributed by atoms with Crippen molar-refractivity contribution in [3.63, 3.8) is 0 Å². The van der Waals surface area contributed by atoms with Crippen LogP contribution in [0.2, 0.25) is 5.02 Å². The van der Waals surface area contributed by atoms with E-state index in [0.717, 1.165) is 30.1 Å². The second kappa shape index (κ2) is 8.69. The number of benzene rings is 2. The Labute approximate surface area is 181 Å². The summed E-state index contributed by atoms with van der Waals surface area (Å²) in [6.45, 7) is 4.13. The zero-order valence-corrected chi connectivity index (χ0v) is 18.0. The van der Waals surface area contributed by atoms with Crippen LogP contribution in [0.15, 0.2) is 53.6 Å². The normalized spacial score (nSPS) is 22.4. The van der Waals surface area contributed by atoms with E-state index in [1.807, 2.05) is 41.4 Å². The minimum atomic E-state index is -0.0633. The first kappa shape index (κ1) is 20.1. The largest absolute Gasteiger partial charge is 0.508 e. The van der Waals surface area contributed by atoms with Crippen LogP contribution in [0.1, 0.15) is 37.8 Å². The van der Waals surface area contributed by atoms with Crippen LogP contribution in [-0.2, 0) is 0 Å². The maximum absolute atomic E-state index is 9.72. The third-order valence-corrected chi connectivity index (χ3v) is 6.19. The average molecular weight is 429 g/mol. The SMILES string of the molecule is C[C@H]1C(C(=S)NN2CCCCC2)=NN(c2ccccc2Cl)[C@H]1c1ccc(O)cc1. The van der Waals surface area contributed by atoms with Gasteiger partial charge in [-0.2, -0.15) is 5.10 Å². The van der Waals surface area contributed by atoms with Crippen molar-refractivity contribution < 1.29 is 5.11 Å². The number of para-hydroxylation sites is 1. The fourth-order valence-electron chi connectivity index (χ4n) is 4.03. The van der Waals surface area contributed by atoms with E-state index < -0.39 is 0 Å². The molecule has 5 nitrogen and oxygen atoms in total. The van der Waals surface area contributed by atoms with Gasteiger partial charge < -0.3 is 10.5 Å². The summed E-state index contributed by atoms with van der Waals surface area (Å²) in [5.74, 6) is 0.299. The molecule has 152 valence electrons. The number of piperidine rings is 1. The monoisotopic (exact) mass is 428 g/mol. The Morgan fingerprint density at radius 1 is 1.10 bits per heavy atom. The van der Waals surface area contributed by atoms with Crippen LogP contribution in [0.25, 0.3) is 0 Å². The Bertz CT molecular complexity index is 911. The minimum absolute atomic E-state index is 0.0561. The number of phenols is 1. The molecule has 2 heterocycles. The molecule has 2 aromatic rings. The topological polar surface area (TPSA) is 51.1 Å². The highest BCUT2D eigenvalue weighted by atomic mass is 35.5. The van der Waals surface area contributed by atoms with E-state index >= 15 is 0 Å². The van der Waals surface area contributed by atoms with Gasteiger partial charge in [0.2, 0.25) is 0 Å². The maximum atomic E-state index is 9.72. The lowest BCUT2D eigenvalue weighted by Crippen LogP contribution is -2.47. The number of thiocarbonyl (C=S) groups is 1. The maximum Gasteiger partial charge on any atom is 0.137 e. The standard InChI is InChI=1S/C22H25ClN4OS/c1-15-20(22(29)25-26-13-5-2-6-14-26)24-27(19-8-4-3-7-18(19)23)21(15)16-9-11-17(28)12-10-16/h3-4,7-12,15,21,28H,2,5-6,13-14H2,1H3,(H,25,29)/t15-,21+/m0/s1. The highest BCUT2D eigenvalue weighted by molar-refractivity contribution is 7.82. The van der Waals surface area contributed by atoms with Gasteiger partial charge in [0, 0.05) is 19.0 Å².